The first-order valence-corrected chi connectivity index (χ1v) is 8.50. The van der Waals surface area contributed by atoms with Crippen molar-refractivity contribution in [1.29, 1.82) is 0 Å². The molecule has 0 aliphatic heterocycles. The highest BCUT2D eigenvalue weighted by molar-refractivity contribution is 5.79. The Balaban J connectivity index is 1.71. The lowest BCUT2D eigenvalue weighted by Gasteiger charge is -2.19. The number of rotatable bonds is 6. The molecule has 2 aromatic heterocycles. The topological polar surface area (TPSA) is 98.6 Å². The highest BCUT2D eigenvalue weighted by atomic mass is 19.3. The van der Waals surface area contributed by atoms with Crippen molar-refractivity contribution in [3.8, 4) is 5.75 Å². The SMILES string of the molecule is Cc1nc2nc(N)nn2c(C)c1CC(=O)N(C)Cc1ccc(OC(F)F)cc1. The van der Waals surface area contributed by atoms with Gasteiger partial charge in [0.2, 0.25) is 11.9 Å². The number of nitrogens with two attached hydrogens (primary N) is 1. The zero-order chi connectivity index (χ0) is 20.4. The number of halogens is 2. The van der Waals surface area contributed by atoms with Gasteiger partial charge in [-0.3, -0.25) is 4.79 Å². The third-order valence-electron chi connectivity index (χ3n) is 4.39. The van der Waals surface area contributed by atoms with Crippen LogP contribution in [0.25, 0.3) is 5.78 Å². The number of hydrogen-bond acceptors (Lipinski definition) is 6. The van der Waals surface area contributed by atoms with Crippen LogP contribution in [0.2, 0.25) is 0 Å². The van der Waals surface area contributed by atoms with Gasteiger partial charge in [-0.1, -0.05) is 12.1 Å². The van der Waals surface area contributed by atoms with E-state index in [-0.39, 0.29) is 24.0 Å². The van der Waals surface area contributed by atoms with Crippen LogP contribution in [-0.2, 0) is 17.8 Å². The van der Waals surface area contributed by atoms with Crippen LogP contribution in [0.4, 0.5) is 14.7 Å². The first-order chi connectivity index (χ1) is 13.2. The number of alkyl halides is 2. The molecular formula is C18H20F2N6O2. The number of amides is 1. The normalized spacial score (nSPS) is 11.2. The van der Waals surface area contributed by atoms with Crippen molar-refractivity contribution in [2.24, 2.45) is 0 Å². The summed E-state index contributed by atoms with van der Waals surface area (Å²) in [5.41, 5.74) is 8.62. The van der Waals surface area contributed by atoms with Crippen LogP contribution < -0.4 is 10.5 Å². The first-order valence-electron chi connectivity index (χ1n) is 8.50. The molecule has 8 nitrogen and oxygen atoms in total. The van der Waals surface area contributed by atoms with E-state index in [1.165, 1.54) is 16.6 Å². The lowest BCUT2D eigenvalue weighted by molar-refractivity contribution is -0.129. The first kappa shape index (κ1) is 19.5. The molecule has 0 spiro atoms. The molecule has 3 aromatic rings. The summed E-state index contributed by atoms with van der Waals surface area (Å²) in [6.45, 7) is 1.10. The Kier molecular flexibility index (Phi) is 5.39. The quantitative estimate of drug-likeness (QED) is 0.692. The maximum Gasteiger partial charge on any atom is 0.387 e. The molecule has 0 aliphatic rings. The van der Waals surface area contributed by atoms with Crippen molar-refractivity contribution in [1.82, 2.24) is 24.5 Å². The molecule has 28 heavy (non-hydrogen) atoms. The van der Waals surface area contributed by atoms with Gasteiger partial charge in [0.05, 0.1) is 6.42 Å². The van der Waals surface area contributed by atoms with Crippen LogP contribution in [0.3, 0.4) is 0 Å². The number of carbonyl (C=O) groups excluding carboxylic acids is 1. The summed E-state index contributed by atoms with van der Waals surface area (Å²) in [6.07, 6.45) is 0.142. The van der Waals surface area contributed by atoms with Gasteiger partial charge < -0.3 is 15.4 Å². The van der Waals surface area contributed by atoms with Crippen LogP contribution in [0.15, 0.2) is 24.3 Å². The molecule has 0 saturated heterocycles. The summed E-state index contributed by atoms with van der Waals surface area (Å²) < 4.78 is 30.3. The van der Waals surface area contributed by atoms with Crippen LogP contribution >= 0.6 is 0 Å². The minimum atomic E-state index is -2.87. The van der Waals surface area contributed by atoms with Crippen molar-refractivity contribution in [2.45, 2.75) is 33.4 Å². The molecular weight excluding hydrogens is 370 g/mol. The van der Waals surface area contributed by atoms with Crippen molar-refractivity contribution >= 4 is 17.6 Å². The minimum Gasteiger partial charge on any atom is -0.435 e. The summed E-state index contributed by atoms with van der Waals surface area (Å²) in [5, 5.41) is 4.09. The van der Waals surface area contributed by atoms with Gasteiger partial charge in [0.15, 0.2) is 0 Å². The van der Waals surface area contributed by atoms with Crippen molar-refractivity contribution < 1.29 is 18.3 Å². The number of ether oxygens (including phenoxy) is 1. The molecule has 148 valence electrons. The third-order valence-corrected chi connectivity index (χ3v) is 4.39. The summed E-state index contributed by atoms with van der Waals surface area (Å²) in [6, 6.07) is 6.18. The molecule has 0 radical (unpaired) electrons. The Morgan fingerprint density at radius 1 is 1.25 bits per heavy atom. The fourth-order valence-electron chi connectivity index (χ4n) is 2.90. The monoisotopic (exact) mass is 390 g/mol. The summed E-state index contributed by atoms with van der Waals surface area (Å²) >= 11 is 0. The van der Waals surface area contributed by atoms with Crippen molar-refractivity contribution in [3.63, 3.8) is 0 Å². The second kappa shape index (κ2) is 7.75. The van der Waals surface area contributed by atoms with Gasteiger partial charge in [-0.2, -0.15) is 18.3 Å². The molecule has 1 aromatic carbocycles. The number of fused-ring (bicyclic) bond motifs is 1. The second-order valence-corrected chi connectivity index (χ2v) is 6.39. The van der Waals surface area contributed by atoms with Gasteiger partial charge in [-0.05, 0) is 31.5 Å². The van der Waals surface area contributed by atoms with E-state index in [1.807, 2.05) is 13.8 Å². The molecule has 0 fully saturated rings. The third kappa shape index (κ3) is 4.16. The maximum atomic E-state index is 12.7. The van der Waals surface area contributed by atoms with E-state index in [4.69, 9.17) is 5.73 Å². The molecule has 3 rings (SSSR count). The lowest BCUT2D eigenvalue weighted by atomic mass is 10.1. The highest BCUT2D eigenvalue weighted by Crippen LogP contribution is 2.18. The highest BCUT2D eigenvalue weighted by Gasteiger charge is 2.18. The number of nitrogens with zero attached hydrogens (tertiary/aromatic N) is 5. The average molecular weight is 390 g/mol. The molecule has 2 N–H and O–H groups in total. The molecule has 0 aliphatic carbocycles. The number of nitrogen functional groups attached to an aromatic ring is 1. The van der Waals surface area contributed by atoms with Gasteiger partial charge in [0, 0.05) is 30.5 Å². The summed E-state index contributed by atoms with van der Waals surface area (Å²) in [4.78, 5) is 22.6. The summed E-state index contributed by atoms with van der Waals surface area (Å²) in [7, 11) is 1.68. The van der Waals surface area contributed by atoms with E-state index in [0.717, 1.165) is 16.8 Å². The van der Waals surface area contributed by atoms with E-state index in [9.17, 15) is 13.6 Å². The number of anilines is 1. The molecule has 0 saturated carbocycles. The number of likely N-dealkylation sites (N-methyl/N-ethyl adjacent to an activating group) is 1. The zero-order valence-corrected chi connectivity index (χ0v) is 15.7. The number of aryl methyl sites for hydroxylation is 2. The van der Waals surface area contributed by atoms with Gasteiger partial charge in [0.1, 0.15) is 5.75 Å². The molecule has 2 heterocycles. The predicted molar refractivity (Wildman–Crippen MR) is 97.9 cm³/mol. The van der Waals surface area contributed by atoms with Gasteiger partial charge in [-0.25, -0.2) is 4.98 Å². The predicted octanol–water partition coefficient (Wildman–Crippen LogP) is 2.13. The Bertz CT molecular complexity index is 1000. The van der Waals surface area contributed by atoms with Gasteiger partial charge >= 0.3 is 6.61 Å². The second-order valence-electron chi connectivity index (χ2n) is 6.39. The zero-order valence-electron chi connectivity index (χ0n) is 15.7. The van der Waals surface area contributed by atoms with Crippen molar-refractivity contribution in [3.05, 3.63) is 46.8 Å². The molecule has 1 amide bonds. The maximum absolute atomic E-state index is 12.7. The largest absolute Gasteiger partial charge is 0.435 e. The number of carbonyl (C=O) groups is 1. The number of benzene rings is 1. The van der Waals surface area contributed by atoms with Crippen LogP contribution in [0, 0.1) is 13.8 Å². The van der Waals surface area contributed by atoms with Crippen LogP contribution in [0.1, 0.15) is 22.5 Å². The number of aromatic nitrogens is 4. The smallest absolute Gasteiger partial charge is 0.387 e. The van der Waals surface area contributed by atoms with E-state index in [2.05, 4.69) is 19.8 Å². The molecule has 0 unspecified atom stereocenters. The van der Waals surface area contributed by atoms with Crippen LogP contribution in [-0.4, -0.2) is 44.0 Å². The Hall–Kier alpha value is -3.30. The Morgan fingerprint density at radius 2 is 1.93 bits per heavy atom. The standard InChI is InChI=1S/C18H20F2N6O2/c1-10-14(11(2)26-18(22-10)23-17(21)24-26)8-15(27)25(3)9-12-4-6-13(7-5-12)28-16(19)20/h4-7,16H,8-9H2,1-3H3,(H2,21,24). The van der Waals surface area contributed by atoms with E-state index < -0.39 is 6.61 Å². The van der Waals surface area contributed by atoms with E-state index >= 15 is 0 Å². The van der Waals surface area contributed by atoms with Gasteiger partial charge in [0.25, 0.3) is 5.78 Å². The molecule has 0 bridgehead atoms. The molecule has 10 heteroatoms. The Morgan fingerprint density at radius 3 is 2.57 bits per heavy atom. The fourth-order valence-corrected chi connectivity index (χ4v) is 2.90. The van der Waals surface area contributed by atoms with Crippen molar-refractivity contribution in [2.75, 3.05) is 12.8 Å². The number of hydrogen-bond donors (Lipinski definition) is 1. The fraction of sp³-hybridized carbons (Fsp3) is 0.333. The minimum absolute atomic E-state index is 0.0745. The van der Waals surface area contributed by atoms with Gasteiger partial charge in [-0.15, -0.1) is 5.10 Å². The summed E-state index contributed by atoms with van der Waals surface area (Å²) in [5.74, 6) is 0.469. The van der Waals surface area contributed by atoms with E-state index in [1.54, 1.807) is 24.1 Å². The average Bonchev–Trinajstić information content (AvgIpc) is 3.00. The lowest BCUT2D eigenvalue weighted by Crippen LogP contribution is -2.28. The van der Waals surface area contributed by atoms with Crippen LogP contribution in [0.5, 0.6) is 5.75 Å². The Labute approximate surface area is 159 Å². The van der Waals surface area contributed by atoms with E-state index in [0.29, 0.717) is 18.0 Å². The molecule has 0 atom stereocenters.